The molecule has 3 aliphatic rings. The molecule has 10 heteroatoms. The molecule has 37 heavy (non-hydrogen) atoms. The number of hydrogen-bond acceptors (Lipinski definition) is 9. The van der Waals surface area contributed by atoms with E-state index in [4.69, 9.17) is 14.7 Å². The first-order valence-corrected chi connectivity index (χ1v) is 12.9. The van der Waals surface area contributed by atoms with Crippen molar-refractivity contribution in [3.05, 3.63) is 48.0 Å². The van der Waals surface area contributed by atoms with Crippen LogP contribution in [0.4, 0.5) is 33.5 Å². The van der Waals surface area contributed by atoms with Gasteiger partial charge in [-0.25, -0.2) is 14.4 Å². The summed E-state index contributed by atoms with van der Waals surface area (Å²) >= 11 is 0. The number of rotatable bonds is 6. The molecule has 9 nitrogen and oxygen atoms in total. The molecule has 0 unspecified atom stereocenters. The zero-order valence-corrected chi connectivity index (χ0v) is 21.7. The van der Waals surface area contributed by atoms with Crippen LogP contribution in [0.5, 0.6) is 5.88 Å². The molecule has 1 aromatic carbocycles. The lowest BCUT2D eigenvalue weighted by atomic mass is 9.88. The fraction of sp³-hybridized carbons (Fsp3) is 0.481. The molecule has 0 amide bonds. The first-order valence-electron chi connectivity index (χ1n) is 12.9. The van der Waals surface area contributed by atoms with Gasteiger partial charge in [-0.1, -0.05) is 13.8 Å². The number of benzene rings is 1. The SMILES string of the molecule is CNc1nc(N[C@H]2[C@@H]3CC[C@H]2CN(c2cc(OC)ncn2)C3)nc2c1C(C)(C)CN2c1ccc(F)cc1. The molecule has 1 aliphatic carbocycles. The van der Waals surface area contributed by atoms with E-state index in [1.165, 1.54) is 12.1 Å². The van der Waals surface area contributed by atoms with E-state index in [-0.39, 0.29) is 17.3 Å². The summed E-state index contributed by atoms with van der Waals surface area (Å²) in [7, 11) is 3.53. The Morgan fingerprint density at radius 1 is 1.05 bits per heavy atom. The fourth-order valence-electron chi connectivity index (χ4n) is 6.31. The minimum Gasteiger partial charge on any atom is -0.481 e. The van der Waals surface area contributed by atoms with Crippen LogP contribution in [0.2, 0.25) is 0 Å². The first-order chi connectivity index (χ1) is 17.9. The Morgan fingerprint density at radius 3 is 2.46 bits per heavy atom. The van der Waals surface area contributed by atoms with Crippen molar-refractivity contribution in [1.29, 1.82) is 0 Å². The minimum atomic E-state index is -0.245. The Hall–Kier alpha value is -3.69. The van der Waals surface area contributed by atoms with Gasteiger partial charge in [-0.15, -0.1) is 0 Å². The Kier molecular flexibility index (Phi) is 5.77. The van der Waals surface area contributed by atoms with Crippen molar-refractivity contribution < 1.29 is 9.13 Å². The van der Waals surface area contributed by atoms with E-state index in [0.29, 0.717) is 23.7 Å². The predicted molar refractivity (Wildman–Crippen MR) is 142 cm³/mol. The van der Waals surface area contributed by atoms with Gasteiger partial charge >= 0.3 is 0 Å². The number of halogens is 1. The third kappa shape index (κ3) is 4.18. The second-order valence-electron chi connectivity index (χ2n) is 10.9. The molecule has 2 fully saturated rings. The highest BCUT2D eigenvalue weighted by Gasteiger charge is 2.44. The van der Waals surface area contributed by atoms with Gasteiger partial charge < -0.3 is 25.2 Å². The van der Waals surface area contributed by atoms with Crippen LogP contribution in [0.25, 0.3) is 0 Å². The molecule has 0 radical (unpaired) electrons. The molecular weight excluding hydrogens is 471 g/mol. The third-order valence-corrected chi connectivity index (χ3v) is 8.04. The van der Waals surface area contributed by atoms with Crippen LogP contribution in [-0.4, -0.2) is 59.8 Å². The number of nitrogens with zero attached hydrogens (tertiary/aromatic N) is 6. The summed E-state index contributed by atoms with van der Waals surface area (Å²) in [6.07, 6.45) is 3.87. The van der Waals surface area contributed by atoms with E-state index in [1.807, 2.05) is 25.2 Å². The number of hydrogen-bond donors (Lipinski definition) is 2. The van der Waals surface area contributed by atoms with Crippen LogP contribution in [0.1, 0.15) is 32.3 Å². The van der Waals surface area contributed by atoms with E-state index in [0.717, 1.165) is 61.2 Å². The highest BCUT2D eigenvalue weighted by atomic mass is 19.1. The standard InChI is InChI=1S/C27H33FN8O/c1-27(2)14-36(19-9-7-18(28)8-10-19)25-22(27)24(29-3)33-26(34-25)32-23-16-5-6-17(23)13-35(12-16)20-11-21(37-4)31-15-30-20/h7-11,15-17,23H,5-6,12-14H2,1-4H3,(H2,29,32,33,34)/t16-,17+,23+. The van der Waals surface area contributed by atoms with Crippen molar-refractivity contribution in [2.24, 2.45) is 11.8 Å². The smallest absolute Gasteiger partial charge is 0.226 e. The normalized spacial score (nSPS) is 23.6. The second kappa shape index (κ2) is 9.00. The first kappa shape index (κ1) is 23.7. The van der Waals surface area contributed by atoms with Gasteiger partial charge in [-0.3, -0.25) is 0 Å². The number of methoxy groups -OCH3 is 1. The summed E-state index contributed by atoms with van der Waals surface area (Å²) in [5.74, 6) is 4.50. The molecule has 2 aliphatic heterocycles. The molecule has 6 rings (SSSR count). The highest BCUT2D eigenvalue weighted by Crippen LogP contribution is 2.47. The number of nitrogens with one attached hydrogen (secondary N) is 2. The maximum absolute atomic E-state index is 13.6. The molecular formula is C27H33FN8O. The zero-order valence-electron chi connectivity index (χ0n) is 21.7. The van der Waals surface area contributed by atoms with Gasteiger partial charge in [-0.05, 0) is 48.9 Å². The average molecular weight is 505 g/mol. The lowest BCUT2D eigenvalue weighted by molar-refractivity contribution is 0.372. The summed E-state index contributed by atoms with van der Waals surface area (Å²) in [4.78, 5) is 23.1. The number of ether oxygens (including phenoxy) is 1. The van der Waals surface area contributed by atoms with Crippen molar-refractivity contribution in [3.63, 3.8) is 0 Å². The van der Waals surface area contributed by atoms with Gasteiger partial charge in [0.15, 0.2) is 0 Å². The quantitative estimate of drug-likeness (QED) is 0.512. The van der Waals surface area contributed by atoms with Crippen LogP contribution in [0, 0.1) is 17.7 Å². The van der Waals surface area contributed by atoms with Gasteiger partial charge in [-0.2, -0.15) is 9.97 Å². The van der Waals surface area contributed by atoms with E-state index in [1.54, 1.807) is 13.4 Å². The Labute approximate surface area is 216 Å². The largest absolute Gasteiger partial charge is 0.481 e. The Morgan fingerprint density at radius 2 is 1.78 bits per heavy atom. The van der Waals surface area contributed by atoms with Gasteiger partial charge in [0.2, 0.25) is 11.8 Å². The van der Waals surface area contributed by atoms with E-state index < -0.39 is 0 Å². The van der Waals surface area contributed by atoms with Crippen LogP contribution in [-0.2, 0) is 5.41 Å². The zero-order chi connectivity index (χ0) is 25.7. The highest BCUT2D eigenvalue weighted by molar-refractivity contribution is 5.75. The van der Waals surface area contributed by atoms with Gasteiger partial charge in [0.25, 0.3) is 0 Å². The van der Waals surface area contributed by atoms with E-state index >= 15 is 0 Å². The van der Waals surface area contributed by atoms with Crippen LogP contribution in [0.15, 0.2) is 36.7 Å². The van der Waals surface area contributed by atoms with Crippen molar-refractivity contribution in [2.75, 3.05) is 54.2 Å². The maximum Gasteiger partial charge on any atom is 0.226 e. The molecule has 3 aromatic rings. The number of fused-ring (bicyclic) bond motifs is 3. The van der Waals surface area contributed by atoms with Crippen LogP contribution >= 0.6 is 0 Å². The van der Waals surface area contributed by atoms with Gasteiger partial charge in [0.05, 0.1) is 7.11 Å². The van der Waals surface area contributed by atoms with Crippen molar-refractivity contribution in [3.8, 4) is 5.88 Å². The summed E-state index contributed by atoms with van der Waals surface area (Å²) < 4.78 is 18.9. The van der Waals surface area contributed by atoms with Crippen molar-refractivity contribution in [1.82, 2.24) is 19.9 Å². The molecule has 0 spiro atoms. The van der Waals surface area contributed by atoms with Crippen molar-refractivity contribution in [2.45, 2.75) is 38.1 Å². The van der Waals surface area contributed by atoms with Crippen LogP contribution in [0.3, 0.4) is 0 Å². The fourth-order valence-corrected chi connectivity index (χ4v) is 6.31. The molecule has 194 valence electrons. The molecule has 2 aromatic heterocycles. The number of piperidine rings is 1. The average Bonchev–Trinajstić information content (AvgIpc) is 3.29. The summed E-state index contributed by atoms with van der Waals surface area (Å²) in [5, 5.41) is 7.02. The molecule has 1 saturated carbocycles. The maximum atomic E-state index is 13.6. The second-order valence-corrected chi connectivity index (χ2v) is 10.9. The topological polar surface area (TPSA) is 91.3 Å². The third-order valence-electron chi connectivity index (χ3n) is 8.04. The molecule has 2 bridgehead atoms. The number of aromatic nitrogens is 4. The molecule has 2 N–H and O–H groups in total. The van der Waals surface area contributed by atoms with Gasteiger partial charge in [0, 0.05) is 55.5 Å². The summed E-state index contributed by atoms with van der Waals surface area (Å²) in [6, 6.07) is 8.81. The summed E-state index contributed by atoms with van der Waals surface area (Å²) in [6.45, 7) is 6.96. The van der Waals surface area contributed by atoms with E-state index in [2.05, 4.69) is 44.2 Å². The minimum absolute atomic E-state index is 0.163. The Balaban J connectivity index is 1.28. The van der Waals surface area contributed by atoms with E-state index in [9.17, 15) is 4.39 Å². The number of anilines is 5. The van der Waals surface area contributed by atoms with Crippen LogP contribution < -0.4 is 25.2 Å². The lowest BCUT2D eigenvalue weighted by Gasteiger charge is -2.39. The molecule has 3 atom stereocenters. The monoisotopic (exact) mass is 504 g/mol. The van der Waals surface area contributed by atoms with Gasteiger partial charge in [0.1, 0.15) is 29.6 Å². The molecule has 4 heterocycles. The summed E-state index contributed by atoms with van der Waals surface area (Å²) in [5.41, 5.74) is 1.85. The predicted octanol–water partition coefficient (Wildman–Crippen LogP) is 4.21. The molecule has 1 saturated heterocycles. The Bertz CT molecular complexity index is 1290. The van der Waals surface area contributed by atoms with Crippen molar-refractivity contribution >= 4 is 29.1 Å². The lowest BCUT2D eigenvalue weighted by Crippen LogP contribution is -2.48.